The van der Waals surface area contributed by atoms with E-state index in [1.165, 1.54) is 32.1 Å². The van der Waals surface area contributed by atoms with Crippen molar-refractivity contribution in [1.29, 1.82) is 0 Å². The van der Waals surface area contributed by atoms with Crippen molar-refractivity contribution in [1.82, 2.24) is 14.6 Å². The number of sulfonamides is 1. The lowest BCUT2D eigenvalue weighted by molar-refractivity contribution is 0.335. The molecule has 0 radical (unpaired) electrons. The van der Waals surface area contributed by atoms with Crippen molar-refractivity contribution in [2.75, 3.05) is 26.2 Å². The second kappa shape index (κ2) is 8.93. The Labute approximate surface area is 156 Å². The average Bonchev–Trinajstić information content (AvgIpc) is 2.68. The second-order valence-electron chi connectivity index (χ2n) is 7.06. The summed E-state index contributed by atoms with van der Waals surface area (Å²) in [4.78, 5) is 4.45. The van der Waals surface area contributed by atoms with E-state index in [1.54, 1.807) is 34.9 Å². The highest BCUT2D eigenvalue weighted by Gasteiger charge is 2.24. The number of fused-ring (bicyclic) bond motifs is 1. The molecule has 2 aromatic rings. The summed E-state index contributed by atoms with van der Waals surface area (Å²) in [6.45, 7) is 4.54. The Bertz CT molecular complexity index is 811. The molecule has 6 heteroatoms. The average molecular weight is 376 g/mol. The van der Waals surface area contributed by atoms with Crippen molar-refractivity contribution in [2.45, 2.75) is 43.9 Å². The molecule has 1 fully saturated rings. The van der Waals surface area contributed by atoms with Gasteiger partial charge in [0.25, 0.3) is 0 Å². The van der Waals surface area contributed by atoms with Crippen LogP contribution in [0.5, 0.6) is 0 Å². The summed E-state index contributed by atoms with van der Waals surface area (Å²) >= 11 is 0. The number of likely N-dealkylation sites (N-methyl/N-ethyl adjacent to an activating group) is 1. The molecule has 1 aliphatic carbocycles. The SMILES string of the molecule is CCN(CCNCC1CCCCC1)S(=O)(=O)c1cccc2cnccc12. The Balaban J connectivity index is 1.66. The van der Waals surface area contributed by atoms with Crippen molar-refractivity contribution in [3.05, 3.63) is 36.7 Å². The van der Waals surface area contributed by atoms with Gasteiger partial charge in [0, 0.05) is 42.8 Å². The van der Waals surface area contributed by atoms with Crippen molar-refractivity contribution < 1.29 is 8.42 Å². The van der Waals surface area contributed by atoms with Gasteiger partial charge in [0.2, 0.25) is 10.0 Å². The summed E-state index contributed by atoms with van der Waals surface area (Å²) in [5, 5.41) is 5.04. The molecule has 3 rings (SSSR count). The van der Waals surface area contributed by atoms with Crippen LogP contribution in [0.2, 0.25) is 0 Å². The van der Waals surface area contributed by atoms with E-state index in [4.69, 9.17) is 0 Å². The molecular formula is C20H29N3O2S. The lowest BCUT2D eigenvalue weighted by atomic mass is 9.89. The fourth-order valence-corrected chi connectivity index (χ4v) is 5.47. The fourth-order valence-electron chi connectivity index (χ4n) is 3.81. The van der Waals surface area contributed by atoms with E-state index >= 15 is 0 Å². The van der Waals surface area contributed by atoms with Gasteiger partial charge in [-0.1, -0.05) is 38.3 Å². The summed E-state index contributed by atoms with van der Waals surface area (Å²) in [5.41, 5.74) is 0. The molecule has 0 aliphatic heterocycles. The van der Waals surface area contributed by atoms with Crippen molar-refractivity contribution in [3.63, 3.8) is 0 Å². The van der Waals surface area contributed by atoms with Crippen LogP contribution in [0.1, 0.15) is 39.0 Å². The summed E-state index contributed by atoms with van der Waals surface area (Å²) in [5.74, 6) is 0.751. The number of hydrogen-bond donors (Lipinski definition) is 1. The van der Waals surface area contributed by atoms with Crippen LogP contribution >= 0.6 is 0 Å². The zero-order valence-corrected chi connectivity index (χ0v) is 16.3. The highest BCUT2D eigenvalue weighted by atomic mass is 32.2. The Morgan fingerprint density at radius 2 is 2.00 bits per heavy atom. The Morgan fingerprint density at radius 3 is 2.77 bits per heavy atom. The molecule has 142 valence electrons. The number of aromatic nitrogens is 1. The molecule has 26 heavy (non-hydrogen) atoms. The third-order valence-electron chi connectivity index (χ3n) is 5.31. The van der Waals surface area contributed by atoms with Crippen LogP contribution in [0.3, 0.4) is 0 Å². The first-order valence-electron chi connectivity index (χ1n) is 9.66. The lowest BCUT2D eigenvalue weighted by Crippen LogP contribution is -2.38. The van der Waals surface area contributed by atoms with Crippen LogP contribution in [0.15, 0.2) is 41.6 Å². The highest BCUT2D eigenvalue weighted by molar-refractivity contribution is 7.89. The third-order valence-corrected chi connectivity index (χ3v) is 7.34. The van der Waals surface area contributed by atoms with E-state index in [9.17, 15) is 8.42 Å². The number of pyridine rings is 1. The molecule has 5 nitrogen and oxygen atoms in total. The minimum absolute atomic E-state index is 0.367. The van der Waals surface area contributed by atoms with Gasteiger partial charge in [-0.3, -0.25) is 4.98 Å². The molecule has 1 aliphatic rings. The standard InChI is InChI=1S/C20H29N3O2S/c1-2-23(14-13-22-15-17-7-4-3-5-8-17)26(24,25)20-10-6-9-18-16-21-12-11-19(18)20/h6,9-12,16-17,22H,2-5,7-8,13-15H2,1H3. The fraction of sp³-hybridized carbons (Fsp3) is 0.550. The van der Waals surface area contributed by atoms with Crippen molar-refractivity contribution in [2.24, 2.45) is 5.92 Å². The molecular weight excluding hydrogens is 346 g/mol. The van der Waals surface area contributed by atoms with Crippen LogP contribution in [-0.2, 0) is 10.0 Å². The summed E-state index contributed by atoms with van der Waals surface area (Å²) in [6.07, 6.45) is 9.97. The molecule has 0 amide bonds. The maximum atomic E-state index is 13.2. The molecule has 1 N–H and O–H groups in total. The van der Waals surface area contributed by atoms with E-state index in [0.717, 1.165) is 23.2 Å². The zero-order chi connectivity index (χ0) is 18.4. The van der Waals surface area contributed by atoms with Gasteiger partial charge in [0.1, 0.15) is 0 Å². The first kappa shape index (κ1) is 19.3. The molecule has 1 saturated carbocycles. The Hall–Kier alpha value is -1.50. The van der Waals surface area contributed by atoms with Crippen LogP contribution < -0.4 is 5.32 Å². The van der Waals surface area contributed by atoms with E-state index in [2.05, 4.69) is 10.3 Å². The van der Waals surface area contributed by atoms with Crippen LogP contribution in [0.4, 0.5) is 0 Å². The lowest BCUT2D eigenvalue weighted by Gasteiger charge is -2.24. The topological polar surface area (TPSA) is 62.3 Å². The van der Waals surface area contributed by atoms with Crippen molar-refractivity contribution >= 4 is 20.8 Å². The van der Waals surface area contributed by atoms with Gasteiger partial charge in [0.05, 0.1) is 4.90 Å². The van der Waals surface area contributed by atoms with E-state index in [0.29, 0.717) is 24.5 Å². The summed E-state index contributed by atoms with van der Waals surface area (Å²) in [6, 6.07) is 7.14. The molecule has 1 aromatic carbocycles. The maximum Gasteiger partial charge on any atom is 0.243 e. The Morgan fingerprint density at radius 1 is 1.19 bits per heavy atom. The zero-order valence-electron chi connectivity index (χ0n) is 15.5. The molecule has 1 heterocycles. The Kier molecular flexibility index (Phi) is 6.62. The highest BCUT2D eigenvalue weighted by Crippen LogP contribution is 2.25. The molecule has 0 saturated heterocycles. The third kappa shape index (κ3) is 4.42. The van der Waals surface area contributed by atoms with E-state index in [1.807, 2.05) is 13.0 Å². The molecule has 0 atom stereocenters. The number of nitrogens with zero attached hydrogens (tertiary/aromatic N) is 2. The summed E-state index contributed by atoms with van der Waals surface area (Å²) < 4.78 is 27.9. The van der Waals surface area contributed by atoms with Gasteiger partial charge in [-0.2, -0.15) is 4.31 Å². The second-order valence-corrected chi connectivity index (χ2v) is 8.96. The monoisotopic (exact) mass is 375 g/mol. The van der Waals surface area contributed by atoms with Crippen LogP contribution in [0.25, 0.3) is 10.8 Å². The molecule has 0 spiro atoms. The summed E-state index contributed by atoms with van der Waals surface area (Å²) in [7, 11) is -3.52. The number of rotatable bonds is 8. The van der Waals surface area contributed by atoms with E-state index < -0.39 is 10.0 Å². The van der Waals surface area contributed by atoms with Gasteiger partial charge in [-0.05, 0) is 37.4 Å². The predicted molar refractivity (Wildman–Crippen MR) is 106 cm³/mol. The molecule has 0 unspecified atom stereocenters. The van der Waals surface area contributed by atoms with Gasteiger partial charge in [-0.25, -0.2) is 8.42 Å². The van der Waals surface area contributed by atoms with Crippen molar-refractivity contribution in [3.8, 4) is 0 Å². The normalized spacial score (nSPS) is 16.4. The van der Waals surface area contributed by atoms with Gasteiger partial charge >= 0.3 is 0 Å². The maximum absolute atomic E-state index is 13.2. The van der Waals surface area contributed by atoms with E-state index in [-0.39, 0.29) is 0 Å². The molecule has 1 aromatic heterocycles. The van der Waals surface area contributed by atoms with Gasteiger partial charge in [0.15, 0.2) is 0 Å². The number of nitrogens with one attached hydrogen (secondary N) is 1. The minimum Gasteiger partial charge on any atom is -0.315 e. The first-order valence-corrected chi connectivity index (χ1v) is 11.1. The quantitative estimate of drug-likeness (QED) is 0.718. The smallest absolute Gasteiger partial charge is 0.243 e. The predicted octanol–water partition coefficient (Wildman–Crippen LogP) is 3.42. The molecule has 0 bridgehead atoms. The number of benzene rings is 1. The first-order chi connectivity index (χ1) is 12.6. The minimum atomic E-state index is -3.52. The van der Waals surface area contributed by atoms with Gasteiger partial charge < -0.3 is 5.32 Å². The largest absolute Gasteiger partial charge is 0.315 e. The van der Waals surface area contributed by atoms with Gasteiger partial charge in [-0.15, -0.1) is 0 Å². The van der Waals surface area contributed by atoms with Crippen LogP contribution in [-0.4, -0.2) is 43.9 Å². The number of hydrogen-bond acceptors (Lipinski definition) is 4. The van der Waals surface area contributed by atoms with Crippen LogP contribution in [0, 0.1) is 5.92 Å².